The van der Waals surface area contributed by atoms with Crippen LogP contribution in [-0.4, -0.2) is 40.9 Å². The number of carbonyl (C=O) groups is 3. The summed E-state index contributed by atoms with van der Waals surface area (Å²) in [6.07, 6.45) is 2.51. The van der Waals surface area contributed by atoms with E-state index >= 15 is 0 Å². The van der Waals surface area contributed by atoms with Gasteiger partial charge in [0.05, 0.1) is 13.1 Å². The summed E-state index contributed by atoms with van der Waals surface area (Å²) in [5.41, 5.74) is 10.9. The highest BCUT2D eigenvalue weighted by Gasteiger charge is 2.12. The number of rotatable bonds is 8. The molecule has 1 aromatic heterocycles. The van der Waals surface area contributed by atoms with Crippen molar-refractivity contribution >= 4 is 35.2 Å². The summed E-state index contributed by atoms with van der Waals surface area (Å²) in [5, 5.41) is 10.3. The highest BCUT2D eigenvalue weighted by molar-refractivity contribution is 7.10. The molecule has 7 nitrogen and oxygen atoms in total. The number of thiophene rings is 1. The van der Waals surface area contributed by atoms with Gasteiger partial charge < -0.3 is 16.6 Å². The molecule has 0 aliphatic rings. The Balaban J connectivity index is 2.70. The Kier molecular flexibility index (Phi) is 5.88. The van der Waals surface area contributed by atoms with Gasteiger partial charge in [-0.05, 0) is 23.1 Å². The molecule has 8 heteroatoms. The first-order valence-corrected chi connectivity index (χ1v) is 6.52. The predicted molar refractivity (Wildman–Crippen MR) is 74.7 cm³/mol. The Bertz CT molecular complexity index is 523. The van der Waals surface area contributed by atoms with Crippen LogP contribution < -0.4 is 11.5 Å². The lowest BCUT2D eigenvalue weighted by Gasteiger charge is -2.17. The van der Waals surface area contributed by atoms with Crippen LogP contribution in [-0.2, 0) is 20.9 Å². The number of carboxylic acid groups (broad SMARTS) is 1. The van der Waals surface area contributed by atoms with E-state index < -0.39 is 17.8 Å². The highest BCUT2D eigenvalue weighted by atomic mass is 32.1. The fourth-order valence-corrected chi connectivity index (χ4v) is 2.46. The van der Waals surface area contributed by atoms with Crippen LogP contribution in [0.25, 0.3) is 6.08 Å². The molecule has 0 bridgehead atoms. The van der Waals surface area contributed by atoms with Crippen molar-refractivity contribution in [2.75, 3.05) is 13.1 Å². The summed E-state index contributed by atoms with van der Waals surface area (Å²) in [5.74, 6) is -2.12. The smallest absolute Gasteiger partial charge is 0.328 e. The number of amides is 2. The Morgan fingerprint density at radius 2 is 1.85 bits per heavy atom. The summed E-state index contributed by atoms with van der Waals surface area (Å²) >= 11 is 1.39. The quantitative estimate of drug-likeness (QED) is 0.564. The molecule has 20 heavy (non-hydrogen) atoms. The number of nitrogens with two attached hydrogens (primary N) is 2. The van der Waals surface area contributed by atoms with E-state index in [9.17, 15) is 14.4 Å². The van der Waals surface area contributed by atoms with Crippen LogP contribution in [0.4, 0.5) is 0 Å². The van der Waals surface area contributed by atoms with E-state index in [1.165, 1.54) is 22.3 Å². The predicted octanol–water partition coefficient (Wildman–Crippen LogP) is -0.381. The van der Waals surface area contributed by atoms with Gasteiger partial charge in [-0.2, -0.15) is 0 Å². The fourth-order valence-electron chi connectivity index (χ4n) is 1.56. The van der Waals surface area contributed by atoms with E-state index in [0.717, 1.165) is 16.5 Å². The Hall–Kier alpha value is -2.19. The van der Waals surface area contributed by atoms with E-state index in [4.69, 9.17) is 16.6 Å². The van der Waals surface area contributed by atoms with Gasteiger partial charge in [0.15, 0.2) is 0 Å². The van der Waals surface area contributed by atoms with Crippen molar-refractivity contribution in [2.24, 2.45) is 11.5 Å². The molecule has 0 unspecified atom stereocenters. The summed E-state index contributed by atoms with van der Waals surface area (Å²) in [6.45, 7) is 0.208. The minimum Gasteiger partial charge on any atom is -0.478 e. The topological polar surface area (TPSA) is 127 Å². The van der Waals surface area contributed by atoms with Crippen LogP contribution in [0.5, 0.6) is 0 Å². The first kappa shape index (κ1) is 15.9. The Morgan fingerprint density at radius 3 is 2.35 bits per heavy atom. The maximum atomic E-state index is 10.9. The van der Waals surface area contributed by atoms with Gasteiger partial charge in [0.1, 0.15) is 0 Å². The number of aliphatic carboxylic acids is 1. The summed E-state index contributed by atoms with van der Waals surface area (Å²) in [6, 6.07) is 1.78. The normalized spacial score (nSPS) is 11.1. The minimum absolute atomic E-state index is 0.0683. The van der Waals surface area contributed by atoms with Crippen LogP contribution in [0.3, 0.4) is 0 Å². The molecule has 1 heterocycles. The van der Waals surface area contributed by atoms with Crippen molar-refractivity contribution in [3.05, 3.63) is 28.0 Å². The van der Waals surface area contributed by atoms with E-state index in [1.807, 2.05) is 0 Å². The SMILES string of the molecule is NC(=O)CN(CC(N)=O)Cc1cc(C=CC(=O)O)cs1. The largest absolute Gasteiger partial charge is 0.478 e. The Morgan fingerprint density at radius 1 is 1.25 bits per heavy atom. The zero-order valence-electron chi connectivity index (χ0n) is 10.6. The molecule has 1 aromatic rings. The van der Waals surface area contributed by atoms with Crippen molar-refractivity contribution in [3.8, 4) is 0 Å². The fraction of sp³-hybridized carbons (Fsp3) is 0.250. The highest BCUT2D eigenvalue weighted by Crippen LogP contribution is 2.18. The van der Waals surface area contributed by atoms with Crippen molar-refractivity contribution in [1.82, 2.24) is 4.90 Å². The third-order valence-electron chi connectivity index (χ3n) is 2.23. The minimum atomic E-state index is -1.03. The van der Waals surface area contributed by atoms with Crippen LogP contribution >= 0.6 is 11.3 Å². The second kappa shape index (κ2) is 7.41. The van der Waals surface area contributed by atoms with E-state index in [1.54, 1.807) is 11.4 Å². The maximum Gasteiger partial charge on any atom is 0.328 e. The summed E-state index contributed by atoms with van der Waals surface area (Å²) < 4.78 is 0. The van der Waals surface area contributed by atoms with Crippen LogP contribution in [0.1, 0.15) is 10.4 Å². The Labute approximate surface area is 119 Å². The van der Waals surface area contributed by atoms with Gasteiger partial charge >= 0.3 is 5.97 Å². The summed E-state index contributed by atoms with van der Waals surface area (Å²) in [4.78, 5) is 34.6. The van der Waals surface area contributed by atoms with Gasteiger partial charge in [0.25, 0.3) is 0 Å². The molecule has 0 saturated carbocycles. The van der Waals surface area contributed by atoms with Crippen LogP contribution in [0.15, 0.2) is 17.5 Å². The standard InChI is InChI=1S/C12H15N3O4S/c13-10(16)5-15(6-11(14)17)4-9-3-8(7-20-9)1-2-12(18)19/h1-3,7H,4-6H2,(H2,13,16)(H2,14,17)(H,18,19). The van der Waals surface area contributed by atoms with Crippen molar-refractivity contribution in [2.45, 2.75) is 6.54 Å². The van der Waals surface area contributed by atoms with Gasteiger partial charge in [-0.25, -0.2) is 4.79 Å². The maximum absolute atomic E-state index is 10.9. The molecule has 0 aliphatic carbocycles. The number of hydrogen-bond donors (Lipinski definition) is 3. The van der Waals surface area contributed by atoms with Gasteiger partial charge in [0, 0.05) is 17.5 Å². The number of hydrogen-bond acceptors (Lipinski definition) is 5. The molecule has 108 valence electrons. The molecule has 1 rings (SSSR count). The van der Waals surface area contributed by atoms with Crippen LogP contribution in [0.2, 0.25) is 0 Å². The molecule has 0 aromatic carbocycles. The second-order valence-electron chi connectivity index (χ2n) is 4.10. The third kappa shape index (κ3) is 6.12. The van der Waals surface area contributed by atoms with E-state index in [2.05, 4.69) is 0 Å². The van der Waals surface area contributed by atoms with Crippen molar-refractivity contribution < 1.29 is 19.5 Å². The van der Waals surface area contributed by atoms with Gasteiger partial charge in [0.2, 0.25) is 11.8 Å². The van der Waals surface area contributed by atoms with Crippen molar-refractivity contribution in [3.63, 3.8) is 0 Å². The molecule has 0 atom stereocenters. The van der Waals surface area contributed by atoms with E-state index in [0.29, 0.717) is 6.54 Å². The zero-order valence-corrected chi connectivity index (χ0v) is 11.4. The average Bonchev–Trinajstić information content (AvgIpc) is 2.72. The lowest BCUT2D eigenvalue weighted by Crippen LogP contribution is -2.38. The van der Waals surface area contributed by atoms with Crippen molar-refractivity contribution in [1.29, 1.82) is 0 Å². The zero-order chi connectivity index (χ0) is 15.1. The first-order valence-electron chi connectivity index (χ1n) is 5.64. The van der Waals surface area contributed by atoms with E-state index in [-0.39, 0.29) is 13.1 Å². The molecule has 0 radical (unpaired) electrons. The molecule has 5 N–H and O–H groups in total. The van der Waals surface area contributed by atoms with Gasteiger partial charge in [-0.1, -0.05) is 0 Å². The number of carboxylic acids is 1. The molecule has 0 aliphatic heterocycles. The number of nitrogens with zero attached hydrogens (tertiary/aromatic N) is 1. The molecule has 0 fully saturated rings. The molecule has 0 saturated heterocycles. The number of primary amides is 2. The molecular weight excluding hydrogens is 282 g/mol. The first-order chi connectivity index (χ1) is 9.36. The van der Waals surface area contributed by atoms with Gasteiger partial charge in [-0.15, -0.1) is 11.3 Å². The van der Waals surface area contributed by atoms with Gasteiger partial charge in [-0.3, -0.25) is 14.5 Å². The summed E-state index contributed by atoms with van der Waals surface area (Å²) in [7, 11) is 0. The number of carbonyl (C=O) groups excluding carboxylic acids is 2. The molecule has 2 amide bonds. The molecular formula is C12H15N3O4S. The third-order valence-corrected chi connectivity index (χ3v) is 3.17. The lowest BCUT2D eigenvalue weighted by atomic mass is 10.2. The second-order valence-corrected chi connectivity index (χ2v) is 5.09. The van der Waals surface area contributed by atoms with Crippen LogP contribution in [0, 0.1) is 0 Å². The lowest BCUT2D eigenvalue weighted by molar-refractivity contribution is -0.131. The average molecular weight is 297 g/mol. The monoisotopic (exact) mass is 297 g/mol. The molecule has 0 spiro atoms.